The van der Waals surface area contributed by atoms with Crippen LogP contribution in [0.25, 0.3) is 0 Å². The Hall–Kier alpha value is -2.38. The molecule has 0 saturated heterocycles. The Morgan fingerprint density at radius 3 is 2.31 bits per heavy atom. The van der Waals surface area contributed by atoms with Gasteiger partial charge in [-0.1, -0.05) is 0 Å². The number of rotatable bonds is 8. The van der Waals surface area contributed by atoms with Crippen LogP contribution in [0.2, 0.25) is 0 Å². The molecule has 7 heteroatoms. The molecule has 6 nitrogen and oxygen atoms in total. The van der Waals surface area contributed by atoms with E-state index in [-0.39, 0.29) is 11.8 Å². The summed E-state index contributed by atoms with van der Waals surface area (Å²) in [6, 6.07) is 11.8. The number of carbonyl (C=O) groups is 2. The second kappa shape index (κ2) is 9.94. The number of hydrogen-bond donors (Lipinski definition) is 2. The molecule has 0 unspecified atom stereocenters. The van der Waals surface area contributed by atoms with Crippen molar-refractivity contribution < 1.29 is 19.1 Å². The first-order valence-electron chi connectivity index (χ1n) is 8.07. The van der Waals surface area contributed by atoms with Crippen molar-refractivity contribution in [2.24, 2.45) is 0 Å². The largest absolute Gasteiger partial charge is 0.496 e. The number of carbonyl (C=O) groups excluding carboxylic acids is 2. The van der Waals surface area contributed by atoms with Gasteiger partial charge in [0.2, 0.25) is 0 Å². The van der Waals surface area contributed by atoms with E-state index in [0.717, 1.165) is 6.42 Å². The first-order valence-corrected chi connectivity index (χ1v) is 8.86. The van der Waals surface area contributed by atoms with Crippen molar-refractivity contribution in [1.29, 1.82) is 0 Å². The van der Waals surface area contributed by atoms with E-state index < -0.39 is 0 Å². The molecule has 0 aromatic heterocycles. The molecule has 138 valence electrons. The molecule has 0 bridgehead atoms. The number of halogens is 1. The molecule has 0 aliphatic heterocycles. The molecular formula is C19H21BrN2O4. The first-order chi connectivity index (χ1) is 12.5. The van der Waals surface area contributed by atoms with Crippen molar-refractivity contribution in [3.8, 4) is 5.75 Å². The van der Waals surface area contributed by atoms with Crippen LogP contribution in [0.3, 0.4) is 0 Å². The highest BCUT2D eigenvalue weighted by molar-refractivity contribution is 9.10. The van der Waals surface area contributed by atoms with E-state index in [2.05, 4.69) is 26.6 Å². The summed E-state index contributed by atoms with van der Waals surface area (Å²) in [6.07, 6.45) is 0.758. The summed E-state index contributed by atoms with van der Waals surface area (Å²) in [5.41, 5.74) is 1.64. The van der Waals surface area contributed by atoms with Gasteiger partial charge in [0.15, 0.2) is 0 Å². The molecule has 0 aliphatic carbocycles. The molecule has 0 atom stereocenters. The Balaban J connectivity index is 1.95. The van der Waals surface area contributed by atoms with E-state index >= 15 is 0 Å². The zero-order chi connectivity index (χ0) is 18.9. The Kier molecular flexibility index (Phi) is 7.62. The Morgan fingerprint density at radius 1 is 1.00 bits per heavy atom. The third kappa shape index (κ3) is 5.57. The minimum Gasteiger partial charge on any atom is -0.496 e. The van der Waals surface area contributed by atoms with Crippen molar-refractivity contribution in [3.05, 3.63) is 58.1 Å². The van der Waals surface area contributed by atoms with Gasteiger partial charge in [0, 0.05) is 37.1 Å². The first kappa shape index (κ1) is 19.9. The average Bonchev–Trinajstić information content (AvgIpc) is 2.65. The molecule has 0 saturated carbocycles. The van der Waals surface area contributed by atoms with Gasteiger partial charge in [-0.25, -0.2) is 0 Å². The lowest BCUT2D eigenvalue weighted by Gasteiger charge is -2.09. The smallest absolute Gasteiger partial charge is 0.255 e. The molecule has 2 rings (SSSR count). The predicted molar refractivity (Wildman–Crippen MR) is 104 cm³/mol. The highest BCUT2D eigenvalue weighted by Crippen LogP contribution is 2.25. The minimum atomic E-state index is -0.245. The highest BCUT2D eigenvalue weighted by Gasteiger charge is 2.10. The Labute approximate surface area is 161 Å². The van der Waals surface area contributed by atoms with Crippen LogP contribution in [0.15, 0.2) is 46.9 Å². The summed E-state index contributed by atoms with van der Waals surface area (Å²) in [5.74, 6) is 0.255. The molecular weight excluding hydrogens is 400 g/mol. The lowest BCUT2D eigenvalue weighted by Crippen LogP contribution is -2.25. The lowest BCUT2D eigenvalue weighted by atomic mass is 10.1. The van der Waals surface area contributed by atoms with Crippen molar-refractivity contribution >= 4 is 33.4 Å². The third-order valence-electron chi connectivity index (χ3n) is 3.63. The molecule has 2 aromatic rings. The number of hydrogen-bond acceptors (Lipinski definition) is 4. The second-order valence-electron chi connectivity index (χ2n) is 5.48. The van der Waals surface area contributed by atoms with Crippen molar-refractivity contribution in [3.63, 3.8) is 0 Å². The standard InChI is InChI=1S/C19H21BrN2O4/c1-25-11-3-10-21-18(23)13-4-7-15(8-5-13)22-19(24)14-6-9-17(26-2)16(20)12-14/h4-9,12H,3,10-11H2,1-2H3,(H,21,23)(H,22,24). The maximum Gasteiger partial charge on any atom is 0.255 e. The molecule has 26 heavy (non-hydrogen) atoms. The molecule has 2 aromatic carbocycles. The van der Waals surface area contributed by atoms with Gasteiger partial charge in [-0.2, -0.15) is 0 Å². The molecule has 0 fully saturated rings. The topological polar surface area (TPSA) is 76.7 Å². The van der Waals surface area contributed by atoms with Crippen LogP contribution in [0, 0.1) is 0 Å². The van der Waals surface area contributed by atoms with Crippen LogP contribution >= 0.6 is 15.9 Å². The summed E-state index contributed by atoms with van der Waals surface area (Å²) < 4.78 is 10.8. The average molecular weight is 421 g/mol. The van der Waals surface area contributed by atoms with Crippen LogP contribution in [0.1, 0.15) is 27.1 Å². The minimum absolute atomic E-state index is 0.155. The zero-order valence-corrected chi connectivity index (χ0v) is 16.3. The van der Waals surface area contributed by atoms with Gasteiger partial charge in [-0.05, 0) is 64.8 Å². The van der Waals surface area contributed by atoms with E-state index in [4.69, 9.17) is 9.47 Å². The quantitative estimate of drug-likeness (QED) is 0.640. The van der Waals surface area contributed by atoms with E-state index in [9.17, 15) is 9.59 Å². The van der Waals surface area contributed by atoms with Crippen molar-refractivity contribution in [1.82, 2.24) is 5.32 Å². The highest BCUT2D eigenvalue weighted by atomic mass is 79.9. The normalized spacial score (nSPS) is 10.3. The van der Waals surface area contributed by atoms with Gasteiger partial charge in [-0.15, -0.1) is 0 Å². The van der Waals surface area contributed by atoms with Gasteiger partial charge in [0.1, 0.15) is 5.75 Å². The Bertz CT molecular complexity index is 763. The van der Waals surface area contributed by atoms with Crippen molar-refractivity contribution in [2.75, 3.05) is 32.7 Å². The van der Waals surface area contributed by atoms with Crippen LogP contribution in [-0.4, -0.2) is 39.2 Å². The van der Waals surface area contributed by atoms with Gasteiger partial charge >= 0.3 is 0 Å². The monoisotopic (exact) mass is 420 g/mol. The van der Waals surface area contributed by atoms with Gasteiger partial charge in [0.05, 0.1) is 11.6 Å². The fourth-order valence-corrected chi connectivity index (χ4v) is 2.78. The predicted octanol–water partition coefficient (Wildman–Crippen LogP) is 3.48. The summed E-state index contributed by atoms with van der Waals surface area (Å²) in [6.45, 7) is 1.16. The van der Waals surface area contributed by atoms with Gasteiger partial charge in [0.25, 0.3) is 11.8 Å². The number of nitrogens with one attached hydrogen (secondary N) is 2. The van der Waals surface area contributed by atoms with E-state index in [0.29, 0.717) is 40.2 Å². The van der Waals surface area contributed by atoms with Crippen molar-refractivity contribution in [2.45, 2.75) is 6.42 Å². The number of benzene rings is 2. The van der Waals surface area contributed by atoms with E-state index in [1.807, 2.05) is 0 Å². The summed E-state index contributed by atoms with van der Waals surface area (Å²) in [5, 5.41) is 5.61. The molecule has 0 spiro atoms. The Morgan fingerprint density at radius 2 is 1.69 bits per heavy atom. The van der Waals surface area contributed by atoms with E-state index in [1.165, 1.54) is 0 Å². The number of amides is 2. The second-order valence-corrected chi connectivity index (χ2v) is 6.34. The maximum atomic E-state index is 12.3. The van der Waals surface area contributed by atoms with E-state index in [1.54, 1.807) is 56.7 Å². The van der Waals surface area contributed by atoms with Crippen LogP contribution < -0.4 is 15.4 Å². The van der Waals surface area contributed by atoms with Crippen LogP contribution in [0.5, 0.6) is 5.75 Å². The SMILES string of the molecule is COCCCNC(=O)c1ccc(NC(=O)c2ccc(OC)c(Br)c2)cc1. The van der Waals surface area contributed by atoms with Crippen LogP contribution in [0.4, 0.5) is 5.69 Å². The summed E-state index contributed by atoms with van der Waals surface area (Å²) in [4.78, 5) is 24.3. The fraction of sp³-hybridized carbons (Fsp3) is 0.263. The molecule has 0 aliphatic rings. The summed E-state index contributed by atoms with van der Waals surface area (Å²) >= 11 is 3.36. The maximum absolute atomic E-state index is 12.3. The zero-order valence-electron chi connectivity index (χ0n) is 14.7. The molecule has 0 radical (unpaired) electrons. The number of methoxy groups -OCH3 is 2. The van der Waals surface area contributed by atoms with Gasteiger partial charge in [-0.3, -0.25) is 9.59 Å². The number of ether oxygens (including phenoxy) is 2. The van der Waals surface area contributed by atoms with Gasteiger partial charge < -0.3 is 20.1 Å². The van der Waals surface area contributed by atoms with Crippen LogP contribution in [-0.2, 0) is 4.74 Å². The third-order valence-corrected chi connectivity index (χ3v) is 4.25. The summed E-state index contributed by atoms with van der Waals surface area (Å²) in [7, 11) is 3.19. The fourth-order valence-electron chi connectivity index (χ4n) is 2.24. The molecule has 0 heterocycles. The molecule has 2 amide bonds. The molecule has 2 N–H and O–H groups in total. The lowest BCUT2D eigenvalue weighted by molar-refractivity contribution is 0.0948. The number of anilines is 1.